The van der Waals surface area contributed by atoms with Crippen LogP contribution >= 0.6 is 11.8 Å². The molecule has 1 aliphatic carbocycles. The van der Waals surface area contributed by atoms with E-state index in [4.69, 9.17) is 0 Å². The molecule has 3 nitrogen and oxygen atoms in total. The van der Waals surface area contributed by atoms with Crippen molar-refractivity contribution >= 4 is 28.4 Å². The minimum Gasteiger partial charge on any atom is -0.293 e. The fourth-order valence-corrected chi connectivity index (χ4v) is 4.32. The van der Waals surface area contributed by atoms with Gasteiger partial charge < -0.3 is 0 Å². The average molecular weight is 402 g/mol. The van der Waals surface area contributed by atoms with Gasteiger partial charge in [0, 0.05) is 10.9 Å². The fourth-order valence-electron chi connectivity index (χ4n) is 3.41. The molecule has 144 valence electrons. The van der Waals surface area contributed by atoms with Crippen LogP contribution in [0.1, 0.15) is 40.2 Å². The van der Waals surface area contributed by atoms with E-state index in [9.17, 15) is 18.0 Å². The molecule has 0 amide bonds. The molecule has 0 radical (unpaired) electrons. The lowest BCUT2D eigenvalue weighted by atomic mass is 9.90. The van der Waals surface area contributed by atoms with E-state index in [1.807, 2.05) is 18.2 Å². The lowest BCUT2D eigenvalue weighted by molar-refractivity contribution is -0.145. The number of benzene rings is 2. The Kier molecular flexibility index (Phi) is 5.10. The Morgan fingerprint density at radius 1 is 1.00 bits per heavy atom. The molecule has 0 fully saturated rings. The van der Waals surface area contributed by atoms with Crippen molar-refractivity contribution in [2.75, 3.05) is 5.75 Å². The first kappa shape index (κ1) is 18.9. The van der Waals surface area contributed by atoms with Gasteiger partial charge >= 0.3 is 6.18 Å². The minimum atomic E-state index is -4.64. The van der Waals surface area contributed by atoms with E-state index in [1.165, 1.54) is 23.6 Å². The van der Waals surface area contributed by atoms with Gasteiger partial charge in [-0.3, -0.25) is 4.79 Å². The SMILES string of the molecule is O=C(CSc1nc(C(F)(F)F)nc2ccccc12)c1ccc2c(c1)CCCC2. The van der Waals surface area contributed by atoms with E-state index >= 15 is 0 Å². The maximum absolute atomic E-state index is 13.1. The summed E-state index contributed by atoms with van der Waals surface area (Å²) < 4.78 is 39.4. The highest BCUT2D eigenvalue weighted by Crippen LogP contribution is 2.32. The lowest BCUT2D eigenvalue weighted by Crippen LogP contribution is -2.12. The molecule has 0 aliphatic heterocycles. The van der Waals surface area contributed by atoms with E-state index in [1.54, 1.807) is 18.2 Å². The van der Waals surface area contributed by atoms with Gasteiger partial charge in [0.1, 0.15) is 5.03 Å². The molecule has 0 atom stereocenters. The quantitative estimate of drug-likeness (QED) is 0.328. The van der Waals surface area contributed by atoms with Gasteiger partial charge in [-0.25, -0.2) is 9.97 Å². The topological polar surface area (TPSA) is 42.9 Å². The number of fused-ring (bicyclic) bond motifs is 2. The number of carbonyl (C=O) groups is 1. The highest BCUT2D eigenvalue weighted by molar-refractivity contribution is 8.00. The summed E-state index contributed by atoms with van der Waals surface area (Å²) in [4.78, 5) is 19.9. The van der Waals surface area contributed by atoms with Gasteiger partial charge in [0.25, 0.3) is 0 Å². The Hall–Kier alpha value is -2.41. The second-order valence-corrected chi connectivity index (χ2v) is 7.73. The number of thioether (sulfide) groups is 1. The first-order valence-electron chi connectivity index (χ1n) is 9.03. The molecule has 0 N–H and O–H groups in total. The zero-order valence-electron chi connectivity index (χ0n) is 14.9. The number of hydrogen-bond donors (Lipinski definition) is 0. The van der Waals surface area contributed by atoms with Crippen molar-refractivity contribution in [3.8, 4) is 0 Å². The minimum absolute atomic E-state index is 0.0249. The third kappa shape index (κ3) is 3.90. The summed E-state index contributed by atoms with van der Waals surface area (Å²) in [7, 11) is 0. The Labute approximate surface area is 164 Å². The smallest absolute Gasteiger partial charge is 0.293 e. The highest BCUT2D eigenvalue weighted by atomic mass is 32.2. The van der Waals surface area contributed by atoms with Gasteiger partial charge in [0.05, 0.1) is 11.3 Å². The van der Waals surface area contributed by atoms with Crippen LogP contribution in [0.2, 0.25) is 0 Å². The van der Waals surface area contributed by atoms with E-state index in [0.29, 0.717) is 10.9 Å². The summed E-state index contributed by atoms with van der Waals surface area (Å²) in [6.45, 7) is 0. The van der Waals surface area contributed by atoms with Crippen molar-refractivity contribution in [2.45, 2.75) is 36.9 Å². The Balaban J connectivity index is 1.59. The van der Waals surface area contributed by atoms with E-state index in [0.717, 1.165) is 31.0 Å². The molecule has 0 saturated heterocycles. The maximum atomic E-state index is 13.1. The summed E-state index contributed by atoms with van der Waals surface area (Å²) in [6, 6.07) is 12.3. The third-order valence-electron chi connectivity index (χ3n) is 4.83. The number of para-hydroxylation sites is 1. The number of alkyl halides is 3. The molecule has 1 aliphatic rings. The van der Waals surface area contributed by atoms with Crippen LogP contribution < -0.4 is 0 Å². The van der Waals surface area contributed by atoms with Crippen molar-refractivity contribution in [2.24, 2.45) is 0 Å². The average Bonchev–Trinajstić information content (AvgIpc) is 2.70. The van der Waals surface area contributed by atoms with Crippen molar-refractivity contribution in [3.05, 3.63) is 65.0 Å². The van der Waals surface area contributed by atoms with Gasteiger partial charge in [0.2, 0.25) is 5.82 Å². The molecule has 2 aromatic carbocycles. The van der Waals surface area contributed by atoms with E-state index in [2.05, 4.69) is 9.97 Å². The van der Waals surface area contributed by atoms with Gasteiger partial charge in [0.15, 0.2) is 5.78 Å². The largest absolute Gasteiger partial charge is 0.451 e. The lowest BCUT2D eigenvalue weighted by Gasteiger charge is -2.16. The maximum Gasteiger partial charge on any atom is 0.451 e. The summed E-state index contributed by atoms with van der Waals surface area (Å²) in [5.41, 5.74) is 3.30. The predicted molar refractivity (Wildman–Crippen MR) is 103 cm³/mol. The molecule has 28 heavy (non-hydrogen) atoms. The molecule has 0 bridgehead atoms. The Morgan fingerprint density at radius 2 is 1.75 bits per heavy atom. The van der Waals surface area contributed by atoms with Gasteiger partial charge in [-0.05, 0) is 48.9 Å². The number of rotatable bonds is 4. The molecule has 3 aromatic rings. The molecule has 0 unspecified atom stereocenters. The third-order valence-corrected chi connectivity index (χ3v) is 5.82. The molecule has 1 heterocycles. The van der Waals surface area contributed by atoms with Crippen molar-refractivity contribution < 1.29 is 18.0 Å². The van der Waals surface area contributed by atoms with Crippen LogP contribution in [0.4, 0.5) is 13.2 Å². The predicted octanol–water partition coefficient (Wildman–Crippen LogP) is 5.50. The number of carbonyl (C=O) groups excluding carboxylic acids is 1. The summed E-state index contributed by atoms with van der Waals surface area (Å²) in [5, 5.41) is 0.683. The number of halogens is 3. The van der Waals surface area contributed by atoms with Crippen LogP contribution in [0.5, 0.6) is 0 Å². The molecule has 4 rings (SSSR count). The Morgan fingerprint density at radius 3 is 2.54 bits per heavy atom. The van der Waals surface area contributed by atoms with Crippen LogP contribution in [-0.2, 0) is 19.0 Å². The standard InChI is InChI=1S/C21H17F3N2OS/c22-21(23,24)20-25-17-8-4-3-7-16(17)19(26-20)28-12-18(27)15-10-9-13-5-1-2-6-14(13)11-15/h3-4,7-11H,1-2,5-6,12H2. The number of ketones is 1. The normalized spacial score (nSPS) is 14.1. The highest BCUT2D eigenvalue weighted by Gasteiger charge is 2.35. The van der Waals surface area contributed by atoms with Crippen LogP contribution in [-0.4, -0.2) is 21.5 Å². The zero-order valence-corrected chi connectivity index (χ0v) is 15.7. The fraction of sp³-hybridized carbons (Fsp3) is 0.286. The summed E-state index contributed by atoms with van der Waals surface area (Å²) in [5.74, 6) is -1.28. The van der Waals surface area contributed by atoms with Crippen molar-refractivity contribution in [1.82, 2.24) is 9.97 Å². The number of hydrogen-bond acceptors (Lipinski definition) is 4. The van der Waals surface area contributed by atoms with Gasteiger partial charge in [-0.1, -0.05) is 42.1 Å². The number of aromatic nitrogens is 2. The van der Waals surface area contributed by atoms with Crippen LogP contribution in [0.25, 0.3) is 10.9 Å². The zero-order chi connectivity index (χ0) is 19.7. The number of nitrogens with zero attached hydrogens (tertiary/aromatic N) is 2. The summed E-state index contributed by atoms with van der Waals surface area (Å²) >= 11 is 1.02. The van der Waals surface area contributed by atoms with E-state index in [-0.39, 0.29) is 22.1 Å². The monoisotopic (exact) mass is 402 g/mol. The molecular weight excluding hydrogens is 385 g/mol. The number of Topliss-reactive ketones (excluding diaryl/α,β-unsaturated/α-hetero) is 1. The molecule has 0 saturated carbocycles. The Bertz CT molecular complexity index is 1050. The van der Waals surface area contributed by atoms with Crippen molar-refractivity contribution in [1.29, 1.82) is 0 Å². The van der Waals surface area contributed by atoms with Crippen molar-refractivity contribution in [3.63, 3.8) is 0 Å². The van der Waals surface area contributed by atoms with Crippen LogP contribution in [0, 0.1) is 0 Å². The van der Waals surface area contributed by atoms with Crippen LogP contribution in [0.3, 0.4) is 0 Å². The van der Waals surface area contributed by atoms with E-state index < -0.39 is 12.0 Å². The number of aryl methyl sites for hydroxylation is 2. The molecule has 1 aromatic heterocycles. The van der Waals surface area contributed by atoms with Crippen LogP contribution in [0.15, 0.2) is 47.5 Å². The summed E-state index contributed by atoms with van der Waals surface area (Å²) in [6.07, 6.45) is -0.354. The second-order valence-electron chi connectivity index (χ2n) is 6.77. The molecule has 7 heteroatoms. The molecular formula is C21H17F3N2OS. The first-order valence-corrected chi connectivity index (χ1v) is 10.0. The first-order chi connectivity index (χ1) is 13.4. The van der Waals surface area contributed by atoms with Gasteiger partial charge in [-0.15, -0.1) is 0 Å². The molecule has 0 spiro atoms. The second kappa shape index (κ2) is 7.54. The van der Waals surface area contributed by atoms with Gasteiger partial charge in [-0.2, -0.15) is 13.2 Å².